The summed E-state index contributed by atoms with van der Waals surface area (Å²) in [7, 11) is -2.14. The van der Waals surface area contributed by atoms with Gasteiger partial charge < -0.3 is 15.0 Å². The molecule has 2 amide bonds. The maximum atomic E-state index is 13.3. The number of anilines is 1. The first-order chi connectivity index (χ1) is 16.6. The van der Waals surface area contributed by atoms with E-state index in [1.165, 1.54) is 16.3 Å². The Labute approximate surface area is 213 Å². The lowest BCUT2D eigenvalue weighted by Crippen LogP contribution is -2.48. The number of methoxy groups -OCH3 is 1. The average molecular weight is 524 g/mol. The van der Waals surface area contributed by atoms with Crippen LogP contribution < -0.4 is 14.4 Å². The number of benzene rings is 2. The normalized spacial score (nSPS) is 12.0. The van der Waals surface area contributed by atoms with Gasteiger partial charge in [0.2, 0.25) is 21.8 Å². The van der Waals surface area contributed by atoms with Gasteiger partial charge in [0, 0.05) is 31.1 Å². The third-order valence-electron chi connectivity index (χ3n) is 5.52. The summed E-state index contributed by atoms with van der Waals surface area (Å²) in [6, 6.07) is 13.3. The number of carbonyl (C=O) groups is 2. The molecule has 0 bridgehead atoms. The Morgan fingerprint density at radius 2 is 1.77 bits per heavy atom. The topological polar surface area (TPSA) is 96.0 Å². The fourth-order valence-electron chi connectivity index (χ4n) is 3.61. The molecule has 0 saturated carbocycles. The van der Waals surface area contributed by atoms with Crippen LogP contribution in [0.2, 0.25) is 5.02 Å². The molecule has 8 nitrogen and oxygen atoms in total. The van der Waals surface area contributed by atoms with E-state index in [0.717, 1.165) is 18.2 Å². The van der Waals surface area contributed by atoms with Gasteiger partial charge >= 0.3 is 0 Å². The van der Waals surface area contributed by atoms with Gasteiger partial charge in [0.05, 0.1) is 19.1 Å². The van der Waals surface area contributed by atoms with Crippen molar-refractivity contribution in [1.82, 2.24) is 10.2 Å². The predicted octanol–water partition coefficient (Wildman–Crippen LogP) is 3.84. The van der Waals surface area contributed by atoms with Crippen LogP contribution in [0.3, 0.4) is 0 Å². The van der Waals surface area contributed by atoms with Gasteiger partial charge in [-0.2, -0.15) is 0 Å². The first kappa shape index (κ1) is 28.5. The minimum absolute atomic E-state index is 0.0526. The van der Waals surface area contributed by atoms with Crippen LogP contribution in [-0.4, -0.2) is 57.6 Å². The number of nitrogens with zero attached hydrogens (tertiary/aromatic N) is 2. The molecule has 192 valence electrons. The van der Waals surface area contributed by atoms with Crippen LogP contribution in [0.1, 0.15) is 38.7 Å². The number of nitrogens with one attached hydrogen (secondary N) is 1. The van der Waals surface area contributed by atoms with Gasteiger partial charge in [0.25, 0.3) is 0 Å². The van der Waals surface area contributed by atoms with Crippen LogP contribution in [0.15, 0.2) is 48.5 Å². The standard InChI is InChI=1S/C25H34ClN3O5S/c1-5-16-27-25(31)19(2)28(18-20-11-6-7-12-21(20)26)24(30)15-10-17-29(35(4,32)33)22-13-8-9-14-23(22)34-3/h6-9,11-14,19H,5,10,15-18H2,1-4H3,(H,27,31). The predicted molar refractivity (Wildman–Crippen MR) is 139 cm³/mol. The molecule has 10 heteroatoms. The van der Waals surface area contributed by atoms with E-state index in [4.69, 9.17) is 16.3 Å². The van der Waals surface area contributed by atoms with Gasteiger partial charge in [-0.25, -0.2) is 8.42 Å². The Morgan fingerprint density at radius 3 is 2.40 bits per heavy atom. The van der Waals surface area contributed by atoms with Crippen molar-refractivity contribution < 1.29 is 22.7 Å². The maximum Gasteiger partial charge on any atom is 0.242 e. The Balaban J connectivity index is 2.19. The van der Waals surface area contributed by atoms with Gasteiger partial charge in [-0.3, -0.25) is 13.9 Å². The van der Waals surface area contributed by atoms with Crippen molar-refractivity contribution in [2.45, 2.75) is 45.7 Å². The van der Waals surface area contributed by atoms with E-state index in [2.05, 4.69) is 5.32 Å². The summed E-state index contributed by atoms with van der Waals surface area (Å²) >= 11 is 6.31. The van der Waals surface area contributed by atoms with Crippen molar-refractivity contribution in [1.29, 1.82) is 0 Å². The second kappa shape index (κ2) is 13.3. The fraction of sp³-hybridized carbons (Fsp3) is 0.440. The molecular formula is C25H34ClN3O5S. The van der Waals surface area contributed by atoms with Crippen molar-refractivity contribution in [3.63, 3.8) is 0 Å². The maximum absolute atomic E-state index is 13.3. The number of hydrogen-bond donors (Lipinski definition) is 1. The molecule has 0 spiro atoms. The second-order valence-electron chi connectivity index (χ2n) is 8.19. The van der Waals surface area contributed by atoms with Crippen LogP contribution in [-0.2, 0) is 26.2 Å². The van der Waals surface area contributed by atoms with E-state index in [9.17, 15) is 18.0 Å². The van der Waals surface area contributed by atoms with Gasteiger partial charge in [-0.1, -0.05) is 48.9 Å². The van der Waals surface area contributed by atoms with Crippen molar-refractivity contribution in [3.8, 4) is 5.75 Å². The highest BCUT2D eigenvalue weighted by Crippen LogP contribution is 2.30. The summed E-state index contributed by atoms with van der Waals surface area (Å²) in [5.41, 5.74) is 1.13. The number of halogens is 1. The largest absolute Gasteiger partial charge is 0.495 e. The number of rotatable bonds is 13. The van der Waals surface area contributed by atoms with E-state index < -0.39 is 16.1 Å². The van der Waals surface area contributed by atoms with Crippen LogP contribution in [0.4, 0.5) is 5.69 Å². The van der Waals surface area contributed by atoms with Gasteiger partial charge in [0.15, 0.2) is 0 Å². The molecule has 0 saturated heterocycles. The summed E-state index contributed by atoms with van der Waals surface area (Å²) in [6.45, 7) is 4.40. The zero-order valence-corrected chi connectivity index (χ0v) is 22.2. The molecule has 1 N–H and O–H groups in total. The summed E-state index contributed by atoms with van der Waals surface area (Å²) in [4.78, 5) is 27.4. The Kier molecular flexibility index (Phi) is 10.9. The minimum Gasteiger partial charge on any atom is -0.495 e. The van der Waals surface area contributed by atoms with Crippen molar-refractivity contribution in [2.24, 2.45) is 0 Å². The molecule has 0 aromatic heterocycles. The van der Waals surface area contributed by atoms with E-state index in [-0.39, 0.29) is 37.7 Å². The lowest BCUT2D eigenvalue weighted by molar-refractivity contribution is -0.140. The number of carbonyl (C=O) groups excluding carboxylic acids is 2. The number of amides is 2. The molecule has 0 aliphatic heterocycles. The zero-order valence-electron chi connectivity index (χ0n) is 20.7. The second-order valence-corrected chi connectivity index (χ2v) is 10.5. The highest BCUT2D eigenvalue weighted by Gasteiger charge is 2.27. The molecule has 2 rings (SSSR count). The van der Waals surface area contributed by atoms with E-state index in [0.29, 0.717) is 23.0 Å². The highest BCUT2D eigenvalue weighted by molar-refractivity contribution is 7.92. The van der Waals surface area contributed by atoms with Gasteiger partial charge in [-0.15, -0.1) is 0 Å². The quantitative estimate of drug-likeness (QED) is 0.430. The molecule has 2 aromatic rings. The summed E-state index contributed by atoms with van der Waals surface area (Å²) in [5.74, 6) is -0.0950. The summed E-state index contributed by atoms with van der Waals surface area (Å²) in [6.07, 6.45) is 2.20. The summed E-state index contributed by atoms with van der Waals surface area (Å²) in [5, 5.41) is 3.33. The SMILES string of the molecule is CCCNC(=O)C(C)N(Cc1ccccc1Cl)C(=O)CCCN(c1ccccc1OC)S(C)(=O)=O. The lowest BCUT2D eigenvalue weighted by atomic mass is 10.1. The van der Waals surface area contributed by atoms with Crippen LogP contribution in [0.5, 0.6) is 5.75 Å². The van der Waals surface area contributed by atoms with Crippen molar-refractivity contribution >= 4 is 39.1 Å². The van der Waals surface area contributed by atoms with Crippen molar-refractivity contribution in [2.75, 3.05) is 30.8 Å². The highest BCUT2D eigenvalue weighted by atomic mass is 35.5. The molecule has 0 fully saturated rings. The van der Waals surface area contributed by atoms with Crippen LogP contribution >= 0.6 is 11.6 Å². The molecular weight excluding hydrogens is 490 g/mol. The molecule has 2 aromatic carbocycles. The fourth-order valence-corrected chi connectivity index (χ4v) is 4.77. The molecule has 0 radical (unpaired) electrons. The molecule has 1 unspecified atom stereocenters. The molecule has 0 aliphatic rings. The zero-order chi connectivity index (χ0) is 26.0. The number of hydrogen-bond acceptors (Lipinski definition) is 5. The number of para-hydroxylation sites is 2. The molecule has 0 heterocycles. The third kappa shape index (κ3) is 8.14. The van der Waals surface area contributed by atoms with Gasteiger partial charge in [0.1, 0.15) is 11.8 Å². The van der Waals surface area contributed by atoms with E-state index in [1.54, 1.807) is 43.3 Å². The molecule has 35 heavy (non-hydrogen) atoms. The minimum atomic E-state index is -3.62. The monoisotopic (exact) mass is 523 g/mol. The first-order valence-corrected chi connectivity index (χ1v) is 13.7. The van der Waals surface area contributed by atoms with Crippen molar-refractivity contribution in [3.05, 3.63) is 59.1 Å². The Bertz CT molecular complexity index is 1110. The van der Waals surface area contributed by atoms with Gasteiger partial charge in [-0.05, 0) is 43.5 Å². The third-order valence-corrected chi connectivity index (χ3v) is 7.07. The van der Waals surface area contributed by atoms with Crippen LogP contribution in [0, 0.1) is 0 Å². The Hall–Kier alpha value is -2.78. The average Bonchev–Trinajstić information content (AvgIpc) is 2.83. The summed E-state index contributed by atoms with van der Waals surface area (Å²) < 4.78 is 31.5. The smallest absolute Gasteiger partial charge is 0.242 e. The number of ether oxygens (including phenoxy) is 1. The number of sulfonamides is 1. The first-order valence-electron chi connectivity index (χ1n) is 11.5. The lowest BCUT2D eigenvalue weighted by Gasteiger charge is -2.30. The Morgan fingerprint density at radius 1 is 1.11 bits per heavy atom. The molecule has 0 aliphatic carbocycles. The van der Waals surface area contributed by atoms with E-state index >= 15 is 0 Å². The molecule has 1 atom stereocenters. The van der Waals surface area contributed by atoms with E-state index in [1.807, 2.05) is 19.1 Å². The van der Waals surface area contributed by atoms with Crippen LogP contribution in [0.25, 0.3) is 0 Å².